The van der Waals surface area contributed by atoms with Gasteiger partial charge in [0.2, 0.25) is 5.91 Å². The molecule has 0 saturated heterocycles. The lowest BCUT2D eigenvalue weighted by molar-refractivity contribution is -0.121. The summed E-state index contributed by atoms with van der Waals surface area (Å²) >= 11 is 1.89. The second-order valence-corrected chi connectivity index (χ2v) is 5.12. The molecule has 0 aliphatic heterocycles. The van der Waals surface area contributed by atoms with Gasteiger partial charge >= 0.3 is 0 Å². The van der Waals surface area contributed by atoms with Gasteiger partial charge in [0, 0.05) is 11.7 Å². The minimum absolute atomic E-state index is 0.0776. The van der Waals surface area contributed by atoms with E-state index >= 15 is 0 Å². The molecular weight excluding hydrogens is 172 g/mol. The lowest BCUT2D eigenvalue weighted by Gasteiger charge is -2.12. The molecule has 0 aromatic carbocycles. The largest absolute Gasteiger partial charge is 0.294 e. The Morgan fingerprint density at radius 3 is 2.50 bits per heavy atom. The van der Waals surface area contributed by atoms with E-state index < -0.39 is 0 Å². The Hall–Kier alpha value is -0.220. The van der Waals surface area contributed by atoms with Gasteiger partial charge in [-0.3, -0.25) is 10.2 Å². The van der Waals surface area contributed by atoms with E-state index in [9.17, 15) is 4.79 Å². The molecule has 1 unspecified atom stereocenters. The first-order valence-electron chi connectivity index (χ1n) is 4.21. The zero-order valence-electron chi connectivity index (χ0n) is 7.96. The summed E-state index contributed by atoms with van der Waals surface area (Å²) in [6.07, 6.45) is 1.42. The van der Waals surface area contributed by atoms with Crippen LogP contribution in [0.25, 0.3) is 0 Å². The zero-order valence-corrected chi connectivity index (χ0v) is 8.78. The molecule has 12 heavy (non-hydrogen) atoms. The van der Waals surface area contributed by atoms with Crippen LogP contribution in [0.5, 0.6) is 0 Å². The fourth-order valence-corrected chi connectivity index (χ4v) is 2.12. The lowest BCUT2D eigenvalue weighted by Crippen LogP contribution is -2.30. The van der Waals surface area contributed by atoms with E-state index in [0.29, 0.717) is 16.9 Å². The molecular formula is C8H18N2OS. The summed E-state index contributed by atoms with van der Waals surface area (Å²) in [6.45, 7) is 6.45. The summed E-state index contributed by atoms with van der Waals surface area (Å²) in [5, 5.41) is 1.16. The van der Waals surface area contributed by atoms with Gasteiger partial charge in [0.25, 0.3) is 0 Å². The Labute approximate surface area is 78.4 Å². The fourth-order valence-electron chi connectivity index (χ4n) is 0.939. The number of hydrogen-bond acceptors (Lipinski definition) is 3. The first-order chi connectivity index (χ1) is 5.56. The van der Waals surface area contributed by atoms with Crippen molar-refractivity contribution in [2.45, 2.75) is 44.1 Å². The van der Waals surface area contributed by atoms with Crippen LogP contribution in [0.1, 0.15) is 33.6 Å². The number of nitrogens with one attached hydrogen (secondary N) is 1. The van der Waals surface area contributed by atoms with Gasteiger partial charge in [-0.1, -0.05) is 20.8 Å². The SMILES string of the molecule is CC(C)SC(C)CCC(=O)NN. The van der Waals surface area contributed by atoms with Crippen molar-refractivity contribution in [3.63, 3.8) is 0 Å². The van der Waals surface area contributed by atoms with Crippen LogP contribution >= 0.6 is 11.8 Å². The molecule has 0 aliphatic rings. The number of hydrogen-bond donors (Lipinski definition) is 2. The highest BCUT2D eigenvalue weighted by atomic mass is 32.2. The maximum Gasteiger partial charge on any atom is 0.233 e. The number of rotatable bonds is 5. The Morgan fingerprint density at radius 2 is 2.08 bits per heavy atom. The number of nitrogens with two attached hydrogens (primary N) is 1. The highest BCUT2D eigenvalue weighted by Gasteiger charge is 2.07. The van der Waals surface area contributed by atoms with E-state index in [1.165, 1.54) is 0 Å². The molecule has 0 spiro atoms. The van der Waals surface area contributed by atoms with Crippen LogP contribution in [-0.2, 0) is 4.79 Å². The molecule has 0 rings (SSSR count). The highest BCUT2D eigenvalue weighted by molar-refractivity contribution is 8.00. The number of carbonyl (C=O) groups excluding carboxylic acids is 1. The molecule has 4 heteroatoms. The van der Waals surface area contributed by atoms with Crippen LogP contribution in [0.15, 0.2) is 0 Å². The summed E-state index contributed by atoms with van der Waals surface area (Å²) in [5.41, 5.74) is 2.13. The average Bonchev–Trinajstić information content (AvgIpc) is 1.99. The molecule has 0 aliphatic carbocycles. The van der Waals surface area contributed by atoms with Crippen LogP contribution in [0.2, 0.25) is 0 Å². The highest BCUT2D eigenvalue weighted by Crippen LogP contribution is 2.20. The predicted molar refractivity (Wildman–Crippen MR) is 53.8 cm³/mol. The van der Waals surface area contributed by atoms with Crippen molar-refractivity contribution in [1.82, 2.24) is 5.43 Å². The van der Waals surface area contributed by atoms with Gasteiger partial charge in [-0.05, 0) is 11.7 Å². The van der Waals surface area contributed by atoms with Gasteiger partial charge in [-0.2, -0.15) is 11.8 Å². The number of carbonyl (C=O) groups is 1. The minimum Gasteiger partial charge on any atom is -0.294 e. The normalized spacial score (nSPS) is 13.1. The van der Waals surface area contributed by atoms with Crippen LogP contribution in [0.3, 0.4) is 0 Å². The van der Waals surface area contributed by atoms with E-state index in [1.807, 2.05) is 11.8 Å². The van der Waals surface area contributed by atoms with E-state index in [-0.39, 0.29) is 5.91 Å². The topological polar surface area (TPSA) is 55.1 Å². The monoisotopic (exact) mass is 190 g/mol. The third-order valence-corrected chi connectivity index (χ3v) is 2.69. The number of amides is 1. The van der Waals surface area contributed by atoms with Gasteiger partial charge in [-0.25, -0.2) is 5.84 Å². The van der Waals surface area contributed by atoms with Gasteiger partial charge in [0.05, 0.1) is 0 Å². The smallest absolute Gasteiger partial charge is 0.233 e. The van der Waals surface area contributed by atoms with E-state index in [1.54, 1.807) is 0 Å². The third kappa shape index (κ3) is 6.49. The maximum atomic E-state index is 10.8. The molecule has 1 atom stereocenters. The van der Waals surface area contributed by atoms with E-state index in [4.69, 9.17) is 5.84 Å². The molecule has 72 valence electrons. The first kappa shape index (κ1) is 11.8. The number of hydrazine groups is 1. The molecule has 3 nitrogen and oxygen atoms in total. The van der Waals surface area contributed by atoms with Gasteiger partial charge in [0.1, 0.15) is 0 Å². The van der Waals surface area contributed by atoms with Crippen molar-refractivity contribution >= 4 is 17.7 Å². The van der Waals surface area contributed by atoms with Crippen LogP contribution in [0, 0.1) is 0 Å². The number of thioether (sulfide) groups is 1. The Balaban J connectivity index is 3.43. The maximum absolute atomic E-state index is 10.8. The summed E-state index contributed by atoms with van der Waals surface area (Å²) in [5.74, 6) is 4.88. The minimum atomic E-state index is -0.0776. The molecule has 0 aromatic rings. The van der Waals surface area contributed by atoms with Crippen LogP contribution < -0.4 is 11.3 Å². The summed E-state index contributed by atoms with van der Waals surface area (Å²) in [7, 11) is 0. The second-order valence-electron chi connectivity index (χ2n) is 3.10. The summed E-state index contributed by atoms with van der Waals surface area (Å²) < 4.78 is 0. The van der Waals surface area contributed by atoms with Crippen LogP contribution in [-0.4, -0.2) is 16.4 Å². The van der Waals surface area contributed by atoms with Crippen molar-refractivity contribution in [3.05, 3.63) is 0 Å². The molecule has 0 aromatic heterocycles. The van der Waals surface area contributed by atoms with E-state index in [0.717, 1.165) is 6.42 Å². The fraction of sp³-hybridized carbons (Fsp3) is 0.875. The molecule has 1 amide bonds. The second kappa shape index (κ2) is 6.31. The van der Waals surface area contributed by atoms with Crippen molar-refractivity contribution in [3.8, 4) is 0 Å². The summed E-state index contributed by atoms with van der Waals surface area (Å²) in [4.78, 5) is 10.8. The Kier molecular flexibility index (Phi) is 6.20. The van der Waals surface area contributed by atoms with Crippen molar-refractivity contribution in [2.24, 2.45) is 5.84 Å². The molecule has 0 fully saturated rings. The standard InChI is InChI=1S/C8H18N2OS/c1-6(2)12-7(3)4-5-8(11)10-9/h6-7H,4-5,9H2,1-3H3,(H,10,11). The van der Waals surface area contributed by atoms with E-state index in [2.05, 4.69) is 26.2 Å². The first-order valence-corrected chi connectivity index (χ1v) is 5.15. The van der Waals surface area contributed by atoms with Crippen molar-refractivity contribution in [1.29, 1.82) is 0 Å². The third-order valence-electron chi connectivity index (χ3n) is 1.44. The molecule has 0 radical (unpaired) electrons. The quantitative estimate of drug-likeness (QED) is 0.390. The summed E-state index contributed by atoms with van der Waals surface area (Å²) in [6, 6.07) is 0. The van der Waals surface area contributed by atoms with Gasteiger partial charge in [0.15, 0.2) is 0 Å². The average molecular weight is 190 g/mol. The predicted octanol–water partition coefficient (Wildman–Crippen LogP) is 1.29. The molecule has 0 heterocycles. The van der Waals surface area contributed by atoms with Crippen LogP contribution in [0.4, 0.5) is 0 Å². The Morgan fingerprint density at radius 1 is 1.50 bits per heavy atom. The Bertz CT molecular complexity index is 139. The zero-order chi connectivity index (χ0) is 9.56. The molecule has 3 N–H and O–H groups in total. The van der Waals surface area contributed by atoms with Crippen molar-refractivity contribution < 1.29 is 4.79 Å². The molecule has 0 bridgehead atoms. The van der Waals surface area contributed by atoms with Gasteiger partial charge in [-0.15, -0.1) is 0 Å². The van der Waals surface area contributed by atoms with Gasteiger partial charge < -0.3 is 0 Å². The van der Waals surface area contributed by atoms with Crippen molar-refractivity contribution in [2.75, 3.05) is 0 Å². The molecule has 0 saturated carbocycles. The lowest BCUT2D eigenvalue weighted by atomic mass is 10.2.